The maximum atomic E-state index is 13.3. The Labute approximate surface area is 193 Å². The van der Waals surface area contributed by atoms with Gasteiger partial charge in [0.15, 0.2) is 12.6 Å². The quantitative estimate of drug-likeness (QED) is 0.250. The van der Waals surface area contributed by atoms with E-state index in [-0.39, 0.29) is 42.5 Å². The van der Waals surface area contributed by atoms with Gasteiger partial charge in [-0.1, -0.05) is 25.1 Å². The molecule has 0 heterocycles. The van der Waals surface area contributed by atoms with E-state index >= 15 is 0 Å². The minimum absolute atomic E-state index is 0. The summed E-state index contributed by atoms with van der Waals surface area (Å²) in [6.07, 6.45) is 0.612. The molecule has 1 amide bonds. The van der Waals surface area contributed by atoms with Gasteiger partial charge >= 0.3 is 0 Å². The molecule has 1 unspecified atom stereocenters. The predicted octanol–water partition coefficient (Wildman–Crippen LogP) is 2.83. The first-order valence-electron chi connectivity index (χ1n) is 9.37. The number of amides is 1. The molecule has 0 aliphatic rings. The Bertz CT molecular complexity index is 835. The minimum Gasteiger partial charge on any atom is -0.489 e. The third-order valence-electron chi connectivity index (χ3n) is 4.01. The molecule has 4 N–H and O–H groups in total. The van der Waals surface area contributed by atoms with Gasteiger partial charge in [-0.2, -0.15) is 0 Å². The summed E-state index contributed by atoms with van der Waals surface area (Å²) in [5.41, 5.74) is 6.05. The number of primary amides is 1. The zero-order valence-electron chi connectivity index (χ0n) is 17.1. The summed E-state index contributed by atoms with van der Waals surface area (Å²) in [5.74, 6) is 0.818. The van der Waals surface area contributed by atoms with Gasteiger partial charge < -0.3 is 25.8 Å². The fourth-order valence-corrected chi connectivity index (χ4v) is 2.52. The number of carbonyl (C=O) groups excluding carboxylic acids is 1. The summed E-state index contributed by atoms with van der Waals surface area (Å²) >= 11 is 0. The molecule has 0 saturated carbocycles. The lowest BCUT2D eigenvalue weighted by Gasteiger charge is -2.20. The predicted molar refractivity (Wildman–Crippen MR) is 126 cm³/mol. The van der Waals surface area contributed by atoms with Crippen LogP contribution in [0.3, 0.4) is 0 Å². The number of aliphatic imine (C=N–C) groups is 1. The number of rotatable bonds is 10. The average molecular weight is 530 g/mol. The van der Waals surface area contributed by atoms with Gasteiger partial charge in [-0.05, 0) is 36.2 Å². The number of ether oxygens (including phenoxy) is 2. The normalized spacial score (nSPS) is 11.8. The number of hydrogen-bond acceptors (Lipinski definition) is 4. The molecule has 2 aromatic carbocycles. The summed E-state index contributed by atoms with van der Waals surface area (Å²) < 4.78 is 24.4. The number of halogens is 2. The number of nitrogens with zero attached hydrogens (tertiary/aromatic N) is 1. The van der Waals surface area contributed by atoms with E-state index in [0.717, 1.165) is 12.0 Å². The fourth-order valence-electron chi connectivity index (χ4n) is 2.52. The largest absolute Gasteiger partial charge is 0.489 e. The smallest absolute Gasteiger partial charge is 0.255 e. The lowest BCUT2D eigenvalue weighted by Crippen LogP contribution is -2.42. The Balaban J connectivity index is 0.00000450. The summed E-state index contributed by atoms with van der Waals surface area (Å²) in [6, 6.07) is 13.4. The highest BCUT2D eigenvalue weighted by Crippen LogP contribution is 2.15. The van der Waals surface area contributed by atoms with Crippen LogP contribution in [0, 0.1) is 5.82 Å². The van der Waals surface area contributed by atoms with Crippen molar-refractivity contribution in [1.82, 2.24) is 10.6 Å². The number of carbonyl (C=O) groups is 1. The van der Waals surface area contributed by atoms with Gasteiger partial charge in [0.1, 0.15) is 23.4 Å². The summed E-state index contributed by atoms with van der Waals surface area (Å²) in [7, 11) is 1.68. The maximum absolute atomic E-state index is 13.3. The second-order valence-corrected chi connectivity index (χ2v) is 6.31. The Morgan fingerprint density at radius 3 is 2.57 bits per heavy atom. The topological polar surface area (TPSA) is 98.0 Å². The molecule has 7 nitrogen and oxygen atoms in total. The molecule has 0 aliphatic carbocycles. The second kappa shape index (κ2) is 13.6. The average Bonchev–Trinajstić information content (AvgIpc) is 2.71. The summed E-state index contributed by atoms with van der Waals surface area (Å²) in [5, 5.41) is 6.41. The Morgan fingerprint density at radius 1 is 1.17 bits per heavy atom. The van der Waals surface area contributed by atoms with Gasteiger partial charge in [-0.15, -0.1) is 24.0 Å². The van der Waals surface area contributed by atoms with Crippen LogP contribution in [0.5, 0.6) is 11.5 Å². The van der Waals surface area contributed by atoms with E-state index in [1.165, 1.54) is 12.1 Å². The highest BCUT2D eigenvalue weighted by molar-refractivity contribution is 14.0. The Kier molecular flexibility index (Phi) is 11.6. The molecule has 1 atom stereocenters. The SMILES string of the molecule is CCC(CNC(=NC)NCc1cccc(OCC(N)=O)c1)Oc1cccc(F)c1.I. The van der Waals surface area contributed by atoms with Gasteiger partial charge in [-0.25, -0.2) is 4.39 Å². The minimum atomic E-state index is -0.524. The first-order valence-corrected chi connectivity index (χ1v) is 9.37. The van der Waals surface area contributed by atoms with Gasteiger partial charge in [-0.3, -0.25) is 9.79 Å². The molecule has 9 heteroatoms. The van der Waals surface area contributed by atoms with Gasteiger partial charge in [0.25, 0.3) is 5.91 Å². The van der Waals surface area contributed by atoms with Gasteiger partial charge in [0, 0.05) is 19.7 Å². The van der Waals surface area contributed by atoms with E-state index in [9.17, 15) is 9.18 Å². The third-order valence-corrected chi connectivity index (χ3v) is 4.01. The van der Waals surface area contributed by atoms with Crippen LogP contribution in [-0.2, 0) is 11.3 Å². The molecule has 0 spiro atoms. The highest BCUT2D eigenvalue weighted by atomic mass is 127. The Morgan fingerprint density at radius 2 is 1.90 bits per heavy atom. The van der Waals surface area contributed by atoms with E-state index < -0.39 is 5.91 Å². The van der Waals surface area contributed by atoms with Crippen molar-refractivity contribution in [2.45, 2.75) is 26.0 Å². The summed E-state index contributed by atoms with van der Waals surface area (Å²) in [6.45, 7) is 2.85. The zero-order valence-corrected chi connectivity index (χ0v) is 19.4. The van der Waals surface area contributed by atoms with Crippen molar-refractivity contribution in [3.8, 4) is 11.5 Å². The highest BCUT2D eigenvalue weighted by Gasteiger charge is 2.10. The third kappa shape index (κ3) is 9.29. The van der Waals surface area contributed by atoms with E-state index in [2.05, 4.69) is 15.6 Å². The van der Waals surface area contributed by atoms with Crippen molar-refractivity contribution in [3.05, 3.63) is 59.9 Å². The molecule has 0 saturated heterocycles. The van der Waals surface area contributed by atoms with Crippen LogP contribution in [0.25, 0.3) is 0 Å². The number of nitrogens with one attached hydrogen (secondary N) is 2. The summed E-state index contributed by atoms with van der Waals surface area (Å²) in [4.78, 5) is 15.0. The van der Waals surface area contributed by atoms with Crippen molar-refractivity contribution < 1.29 is 18.7 Å². The van der Waals surface area contributed by atoms with Crippen LogP contribution in [-0.4, -0.2) is 38.2 Å². The van der Waals surface area contributed by atoms with Crippen molar-refractivity contribution in [2.24, 2.45) is 10.7 Å². The monoisotopic (exact) mass is 530 g/mol. The van der Waals surface area contributed by atoms with Crippen molar-refractivity contribution in [1.29, 1.82) is 0 Å². The van der Waals surface area contributed by atoms with Gasteiger partial charge in [0.2, 0.25) is 0 Å². The van der Waals surface area contributed by atoms with Crippen LogP contribution < -0.4 is 25.8 Å². The van der Waals surface area contributed by atoms with Crippen LogP contribution in [0.2, 0.25) is 0 Å². The molecule has 0 aromatic heterocycles. The number of guanidine groups is 1. The van der Waals surface area contributed by atoms with Crippen LogP contribution in [0.1, 0.15) is 18.9 Å². The number of benzene rings is 2. The van der Waals surface area contributed by atoms with Gasteiger partial charge in [0.05, 0.1) is 6.54 Å². The molecule has 0 radical (unpaired) electrons. The maximum Gasteiger partial charge on any atom is 0.255 e. The zero-order chi connectivity index (χ0) is 21.1. The second-order valence-electron chi connectivity index (χ2n) is 6.31. The van der Waals surface area contributed by atoms with Crippen LogP contribution >= 0.6 is 24.0 Å². The van der Waals surface area contributed by atoms with Crippen molar-refractivity contribution >= 4 is 35.8 Å². The van der Waals surface area contributed by atoms with Crippen molar-refractivity contribution in [3.63, 3.8) is 0 Å². The molecule has 0 aliphatic heterocycles. The molecule has 0 bridgehead atoms. The van der Waals surface area contributed by atoms with E-state index in [1.807, 2.05) is 25.1 Å². The molecule has 164 valence electrons. The molecular weight excluding hydrogens is 502 g/mol. The number of nitrogens with two attached hydrogens (primary N) is 1. The lowest BCUT2D eigenvalue weighted by atomic mass is 10.2. The van der Waals surface area contributed by atoms with Crippen molar-refractivity contribution in [2.75, 3.05) is 20.2 Å². The molecule has 30 heavy (non-hydrogen) atoms. The molecular formula is C21H28FIN4O3. The molecule has 0 fully saturated rings. The lowest BCUT2D eigenvalue weighted by molar-refractivity contribution is -0.119. The van der Waals surface area contributed by atoms with Crippen LogP contribution in [0.4, 0.5) is 4.39 Å². The van der Waals surface area contributed by atoms with Crippen LogP contribution in [0.15, 0.2) is 53.5 Å². The van der Waals surface area contributed by atoms with E-state index in [1.54, 1.807) is 25.2 Å². The first-order chi connectivity index (χ1) is 14.0. The number of hydrogen-bond donors (Lipinski definition) is 3. The fraction of sp³-hybridized carbons (Fsp3) is 0.333. The Hall–Kier alpha value is -2.56. The molecule has 2 rings (SSSR count). The van der Waals surface area contributed by atoms with E-state index in [4.69, 9.17) is 15.2 Å². The standard InChI is InChI=1S/C21H27FN4O3.HI/c1-3-17(29-19-9-5-7-16(22)11-19)13-26-21(24-2)25-12-15-6-4-8-18(10-15)28-14-20(23)27;/h4-11,17H,3,12-14H2,1-2H3,(H2,23,27)(H2,24,25,26);1H. The first kappa shape index (κ1) is 25.5. The molecule has 2 aromatic rings. The van der Waals surface area contributed by atoms with E-state index in [0.29, 0.717) is 30.5 Å².